The predicted octanol–water partition coefficient (Wildman–Crippen LogP) is 5.01. The summed E-state index contributed by atoms with van der Waals surface area (Å²) in [5, 5.41) is 51.5. The molecule has 7 nitrogen and oxygen atoms in total. The van der Waals surface area contributed by atoms with E-state index in [-0.39, 0.29) is 57.8 Å². The lowest BCUT2D eigenvalue weighted by atomic mass is 9.96. The van der Waals surface area contributed by atoms with Crippen LogP contribution in [0.25, 0.3) is 22.3 Å². The Hall–Kier alpha value is -3.87. The third-order valence-corrected chi connectivity index (χ3v) is 5.12. The van der Waals surface area contributed by atoms with Gasteiger partial charge in [0.25, 0.3) is 0 Å². The second-order valence-electron chi connectivity index (χ2n) is 8.14. The number of allylic oxidation sites excluding steroid dienone is 4. The molecule has 0 unspecified atom stereocenters. The molecule has 0 atom stereocenters. The van der Waals surface area contributed by atoms with Crippen LogP contribution in [0.3, 0.4) is 0 Å². The second kappa shape index (κ2) is 8.70. The largest absolute Gasteiger partial charge is 0.507 e. The topological polar surface area (TPSA) is 131 Å². The zero-order valence-corrected chi connectivity index (χ0v) is 18.4. The van der Waals surface area contributed by atoms with E-state index in [2.05, 4.69) is 0 Å². The van der Waals surface area contributed by atoms with Gasteiger partial charge in [-0.3, -0.25) is 4.79 Å². The predicted molar refractivity (Wildman–Crippen MR) is 123 cm³/mol. The van der Waals surface area contributed by atoms with E-state index in [4.69, 9.17) is 4.42 Å². The average molecular weight is 438 g/mol. The monoisotopic (exact) mass is 438 g/mol. The molecule has 0 saturated heterocycles. The Morgan fingerprint density at radius 3 is 1.97 bits per heavy atom. The minimum Gasteiger partial charge on any atom is -0.507 e. The van der Waals surface area contributed by atoms with Crippen LogP contribution >= 0.6 is 0 Å². The van der Waals surface area contributed by atoms with Crippen LogP contribution in [0, 0.1) is 0 Å². The van der Waals surface area contributed by atoms with Crippen molar-refractivity contribution >= 4 is 11.0 Å². The molecule has 1 aromatic heterocycles. The highest BCUT2D eigenvalue weighted by Gasteiger charge is 2.26. The molecule has 0 bridgehead atoms. The molecule has 1 heterocycles. The summed E-state index contributed by atoms with van der Waals surface area (Å²) in [7, 11) is 0. The number of hydrogen-bond acceptors (Lipinski definition) is 7. The first-order valence-electron chi connectivity index (χ1n) is 10.1. The summed E-state index contributed by atoms with van der Waals surface area (Å²) in [4.78, 5) is 13.1. The van der Waals surface area contributed by atoms with Gasteiger partial charge in [0.15, 0.2) is 17.3 Å². The zero-order valence-electron chi connectivity index (χ0n) is 18.4. The number of phenolic OH excluding ortho intramolecular Hbond substituents is 4. The highest BCUT2D eigenvalue weighted by Crippen LogP contribution is 2.43. The molecule has 0 aliphatic carbocycles. The lowest BCUT2D eigenvalue weighted by Gasteiger charge is -2.15. The number of hydrogen-bond donors (Lipinski definition) is 5. The summed E-state index contributed by atoms with van der Waals surface area (Å²) < 4.78 is 5.85. The standard InChI is InChI=1S/C25H26O7/c1-12(2)5-8-15-20(28)16(9-6-13(3)4)25-19(21(15)29)22(30)23(31)24(32-25)14-7-10-17(26)18(27)11-14/h5-7,10-11,26-29,31H,8-9H2,1-4H3. The third kappa shape index (κ3) is 4.14. The highest BCUT2D eigenvalue weighted by molar-refractivity contribution is 5.93. The molecular formula is C25H26O7. The van der Waals surface area contributed by atoms with Crippen LogP contribution in [-0.2, 0) is 12.8 Å². The first kappa shape index (κ1) is 22.8. The van der Waals surface area contributed by atoms with Gasteiger partial charge in [0.2, 0.25) is 11.2 Å². The SMILES string of the molecule is CC(C)=CCc1c(O)c(CC=C(C)C)c2oc(-c3ccc(O)c(O)c3)c(O)c(=O)c2c1O. The molecule has 5 N–H and O–H groups in total. The van der Waals surface area contributed by atoms with Crippen molar-refractivity contribution in [2.45, 2.75) is 40.5 Å². The van der Waals surface area contributed by atoms with Crippen molar-refractivity contribution in [2.24, 2.45) is 0 Å². The third-order valence-electron chi connectivity index (χ3n) is 5.12. The van der Waals surface area contributed by atoms with E-state index >= 15 is 0 Å². The van der Waals surface area contributed by atoms with Gasteiger partial charge in [-0.1, -0.05) is 23.3 Å². The molecule has 0 amide bonds. The van der Waals surface area contributed by atoms with Gasteiger partial charge in [0, 0.05) is 16.7 Å². The summed E-state index contributed by atoms with van der Waals surface area (Å²) in [6.07, 6.45) is 4.06. The van der Waals surface area contributed by atoms with Crippen molar-refractivity contribution in [3.05, 3.63) is 62.8 Å². The Labute approximate surface area is 184 Å². The van der Waals surface area contributed by atoms with E-state index in [1.807, 2.05) is 33.8 Å². The van der Waals surface area contributed by atoms with Crippen molar-refractivity contribution in [3.63, 3.8) is 0 Å². The van der Waals surface area contributed by atoms with Gasteiger partial charge in [0.05, 0.1) is 0 Å². The Morgan fingerprint density at radius 2 is 1.41 bits per heavy atom. The molecule has 3 rings (SSSR count). The number of phenols is 4. The minimum atomic E-state index is -0.872. The van der Waals surface area contributed by atoms with Gasteiger partial charge in [0.1, 0.15) is 22.5 Å². The van der Waals surface area contributed by atoms with Crippen LogP contribution in [-0.4, -0.2) is 25.5 Å². The quantitative estimate of drug-likeness (QED) is 0.280. The smallest absolute Gasteiger partial charge is 0.238 e. The zero-order chi connectivity index (χ0) is 23.7. The first-order chi connectivity index (χ1) is 15.0. The van der Waals surface area contributed by atoms with Crippen LogP contribution in [0.4, 0.5) is 0 Å². The van der Waals surface area contributed by atoms with Crippen LogP contribution in [0.5, 0.6) is 28.7 Å². The maximum Gasteiger partial charge on any atom is 0.238 e. The van der Waals surface area contributed by atoms with Crippen molar-refractivity contribution < 1.29 is 29.9 Å². The van der Waals surface area contributed by atoms with Gasteiger partial charge in [-0.15, -0.1) is 0 Å². The second-order valence-corrected chi connectivity index (χ2v) is 8.14. The molecule has 0 fully saturated rings. The normalized spacial score (nSPS) is 10.9. The lowest BCUT2D eigenvalue weighted by Crippen LogP contribution is -2.06. The fourth-order valence-electron chi connectivity index (χ4n) is 3.36. The van der Waals surface area contributed by atoms with Gasteiger partial charge in [-0.05, 0) is 58.7 Å². The molecule has 0 aliphatic heterocycles. The van der Waals surface area contributed by atoms with Crippen LogP contribution < -0.4 is 5.43 Å². The fourth-order valence-corrected chi connectivity index (χ4v) is 3.36. The molecule has 32 heavy (non-hydrogen) atoms. The highest BCUT2D eigenvalue weighted by atomic mass is 16.4. The molecule has 0 aliphatic rings. The van der Waals surface area contributed by atoms with Crippen molar-refractivity contribution in [2.75, 3.05) is 0 Å². The molecule has 0 saturated carbocycles. The Balaban J connectivity index is 2.43. The molecule has 7 heteroatoms. The summed E-state index contributed by atoms with van der Waals surface area (Å²) in [6.45, 7) is 7.52. The number of aromatic hydroxyl groups is 5. The number of rotatable bonds is 5. The Kier molecular flexibility index (Phi) is 6.20. The first-order valence-corrected chi connectivity index (χ1v) is 10.1. The van der Waals surface area contributed by atoms with Crippen molar-refractivity contribution in [1.82, 2.24) is 0 Å². The molecule has 168 valence electrons. The molecule has 2 aromatic carbocycles. The maximum atomic E-state index is 13.1. The lowest BCUT2D eigenvalue weighted by molar-refractivity contribution is 0.403. The average Bonchev–Trinajstić information content (AvgIpc) is 2.71. The molecule has 3 aromatic rings. The van der Waals surface area contributed by atoms with Gasteiger partial charge >= 0.3 is 0 Å². The van der Waals surface area contributed by atoms with Gasteiger partial charge in [-0.2, -0.15) is 0 Å². The summed E-state index contributed by atoms with van der Waals surface area (Å²) in [6, 6.07) is 3.69. The number of benzene rings is 2. The summed E-state index contributed by atoms with van der Waals surface area (Å²) in [5.41, 5.74) is 1.59. The Bertz CT molecular complexity index is 1320. The van der Waals surface area contributed by atoms with Crippen LogP contribution in [0.2, 0.25) is 0 Å². The van der Waals surface area contributed by atoms with Gasteiger partial charge < -0.3 is 29.9 Å². The fraction of sp³-hybridized carbons (Fsp3) is 0.240. The summed E-state index contributed by atoms with van der Waals surface area (Å²) >= 11 is 0. The van der Waals surface area contributed by atoms with E-state index in [1.165, 1.54) is 12.1 Å². The van der Waals surface area contributed by atoms with Gasteiger partial charge in [-0.25, -0.2) is 0 Å². The maximum absolute atomic E-state index is 13.1. The molecule has 0 spiro atoms. The Morgan fingerprint density at radius 1 is 0.812 bits per heavy atom. The van der Waals surface area contributed by atoms with Crippen molar-refractivity contribution in [3.8, 4) is 40.1 Å². The number of fused-ring (bicyclic) bond motifs is 1. The molecular weight excluding hydrogens is 412 g/mol. The summed E-state index contributed by atoms with van der Waals surface area (Å²) in [5.74, 6) is -2.51. The van der Waals surface area contributed by atoms with Crippen LogP contribution in [0.15, 0.2) is 50.7 Å². The van der Waals surface area contributed by atoms with E-state index in [1.54, 1.807) is 6.08 Å². The van der Waals surface area contributed by atoms with E-state index in [0.717, 1.165) is 17.2 Å². The van der Waals surface area contributed by atoms with Crippen LogP contribution in [0.1, 0.15) is 38.8 Å². The van der Waals surface area contributed by atoms with E-state index < -0.39 is 22.7 Å². The van der Waals surface area contributed by atoms with Crippen molar-refractivity contribution in [1.29, 1.82) is 0 Å². The minimum absolute atomic E-state index is 0.0659. The molecule has 0 radical (unpaired) electrons. The van der Waals surface area contributed by atoms with E-state index in [0.29, 0.717) is 0 Å². The van der Waals surface area contributed by atoms with E-state index in [9.17, 15) is 30.3 Å².